The standard InChI is InChI=1S/C39H42N6O2/c1-41-20-22-44(23-21-41)39(47)37-28-42(27-36(37)35-13-7-11-32-10-5-6-12-34(32)35)26-33-24-40-29-45(33)25-31-16-18-43(19-17-31)38(46)15-14-30-8-3-2-4-9-30/h2-15,24,27-29,31H,16-23,25-26H2,1H3. The number of imidazole rings is 1. The van der Waals surface area contributed by atoms with E-state index in [0.29, 0.717) is 12.5 Å². The first-order valence-corrected chi connectivity index (χ1v) is 16.7. The number of rotatable bonds is 8. The van der Waals surface area contributed by atoms with Crippen LogP contribution in [0.3, 0.4) is 0 Å². The van der Waals surface area contributed by atoms with Crippen molar-refractivity contribution in [2.24, 2.45) is 5.92 Å². The Bertz CT molecular complexity index is 1870. The van der Waals surface area contributed by atoms with E-state index in [2.05, 4.69) is 74.7 Å². The molecule has 3 aromatic carbocycles. The number of likely N-dealkylation sites (N-methyl/N-ethyl adjacent to an activating group) is 1. The Morgan fingerprint density at radius 2 is 1.55 bits per heavy atom. The largest absolute Gasteiger partial charge is 0.347 e. The van der Waals surface area contributed by atoms with Crippen LogP contribution in [0, 0.1) is 5.92 Å². The van der Waals surface area contributed by atoms with Gasteiger partial charge in [0.15, 0.2) is 0 Å². The minimum Gasteiger partial charge on any atom is -0.347 e. The van der Waals surface area contributed by atoms with E-state index in [1.165, 1.54) is 0 Å². The van der Waals surface area contributed by atoms with Gasteiger partial charge in [0.05, 0.1) is 24.1 Å². The number of fused-ring (bicyclic) bond motifs is 1. The molecular weight excluding hydrogens is 584 g/mol. The molecule has 0 bridgehead atoms. The van der Waals surface area contributed by atoms with Gasteiger partial charge in [-0.25, -0.2) is 4.98 Å². The number of hydrogen-bond donors (Lipinski definition) is 0. The zero-order valence-corrected chi connectivity index (χ0v) is 27.0. The van der Waals surface area contributed by atoms with Gasteiger partial charge in [-0.15, -0.1) is 0 Å². The molecule has 8 heteroatoms. The summed E-state index contributed by atoms with van der Waals surface area (Å²) >= 11 is 0. The van der Waals surface area contributed by atoms with Crippen LogP contribution in [-0.4, -0.2) is 86.9 Å². The Hall–Kier alpha value is -4.95. The first-order valence-electron chi connectivity index (χ1n) is 16.7. The van der Waals surface area contributed by atoms with Gasteiger partial charge in [-0.05, 0) is 53.8 Å². The van der Waals surface area contributed by atoms with E-state index in [-0.39, 0.29) is 11.8 Å². The minimum absolute atomic E-state index is 0.0761. The zero-order valence-electron chi connectivity index (χ0n) is 27.0. The summed E-state index contributed by atoms with van der Waals surface area (Å²) in [5.41, 5.74) is 4.93. The van der Waals surface area contributed by atoms with Crippen LogP contribution in [0.1, 0.15) is 34.5 Å². The smallest absolute Gasteiger partial charge is 0.256 e. The third-order valence-corrected chi connectivity index (χ3v) is 9.72. The van der Waals surface area contributed by atoms with Crippen molar-refractivity contribution >= 4 is 28.7 Å². The Kier molecular flexibility index (Phi) is 9.02. The number of likely N-dealkylation sites (tertiary alicyclic amines) is 1. The molecule has 0 aliphatic carbocycles. The molecule has 5 aromatic rings. The molecule has 0 atom stereocenters. The Morgan fingerprint density at radius 1 is 0.809 bits per heavy atom. The normalized spacial score (nSPS) is 16.4. The van der Waals surface area contributed by atoms with Crippen LogP contribution >= 0.6 is 0 Å². The quantitative estimate of drug-likeness (QED) is 0.202. The summed E-state index contributed by atoms with van der Waals surface area (Å²) in [4.78, 5) is 37.6. The minimum atomic E-state index is 0.0761. The Morgan fingerprint density at radius 3 is 2.36 bits per heavy atom. The predicted molar refractivity (Wildman–Crippen MR) is 187 cm³/mol. The van der Waals surface area contributed by atoms with E-state index < -0.39 is 0 Å². The van der Waals surface area contributed by atoms with Crippen molar-refractivity contribution in [3.8, 4) is 11.1 Å². The molecule has 0 N–H and O–H groups in total. The third-order valence-electron chi connectivity index (χ3n) is 9.72. The van der Waals surface area contributed by atoms with Crippen molar-refractivity contribution in [3.63, 3.8) is 0 Å². The maximum atomic E-state index is 14.0. The number of amides is 2. The average Bonchev–Trinajstić information content (AvgIpc) is 3.74. The Labute approximate surface area is 276 Å². The summed E-state index contributed by atoms with van der Waals surface area (Å²) in [6, 6.07) is 24.6. The molecule has 2 aromatic heterocycles. The van der Waals surface area contributed by atoms with Gasteiger partial charge in [0.25, 0.3) is 5.91 Å². The van der Waals surface area contributed by atoms with Crippen LogP contribution in [0.25, 0.3) is 28.0 Å². The number of piperazine rings is 1. The summed E-state index contributed by atoms with van der Waals surface area (Å²) in [7, 11) is 2.11. The first-order chi connectivity index (χ1) is 23.0. The summed E-state index contributed by atoms with van der Waals surface area (Å²) < 4.78 is 4.39. The molecule has 0 saturated carbocycles. The second-order valence-corrected chi connectivity index (χ2v) is 12.9. The lowest BCUT2D eigenvalue weighted by atomic mass is 9.96. The lowest BCUT2D eigenvalue weighted by Gasteiger charge is -2.32. The first kappa shape index (κ1) is 30.7. The highest BCUT2D eigenvalue weighted by molar-refractivity contribution is 6.06. The number of carbonyl (C=O) groups is 2. The fraction of sp³-hybridized carbons (Fsp3) is 0.308. The van der Waals surface area contributed by atoms with Crippen molar-refractivity contribution in [2.75, 3.05) is 46.3 Å². The molecule has 7 rings (SSSR count). The monoisotopic (exact) mass is 626 g/mol. The van der Waals surface area contributed by atoms with E-state index in [4.69, 9.17) is 0 Å². The van der Waals surface area contributed by atoms with Gasteiger partial charge in [0.1, 0.15) is 0 Å². The van der Waals surface area contributed by atoms with Crippen LogP contribution in [-0.2, 0) is 17.9 Å². The lowest BCUT2D eigenvalue weighted by molar-refractivity contribution is -0.127. The maximum Gasteiger partial charge on any atom is 0.256 e. The molecule has 240 valence electrons. The van der Waals surface area contributed by atoms with Crippen molar-refractivity contribution < 1.29 is 9.59 Å². The summed E-state index contributed by atoms with van der Waals surface area (Å²) in [5.74, 6) is 0.635. The fourth-order valence-corrected chi connectivity index (χ4v) is 6.91. The van der Waals surface area contributed by atoms with Crippen molar-refractivity contribution in [1.29, 1.82) is 0 Å². The van der Waals surface area contributed by atoms with E-state index in [9.17, 15) is 9.59 Å². The van der Waals surface area contributed by atoms with Gasteiger partial charge in [0, 0.05) is 76.0 Å². The molecular formula is C39H42N6O2. The van der Waals surface area contributed by atoms with E-state index in [0.717, 1.165) is 97.4 Å². The van der Waals surface area contributed by atoms with Crippen LogP contribution in [0.4, 0.5) is 0 Å². The molecule has 2 fully saturated rings. The van der Waals surface area contributed by atoms with Gasteiger partial charge in [-0.2, -0.15) is 0 Å². The molecule has 0 spiro atoms. The second-order valence-electron chi connectivity index (χ2n) is 12.9. The predicted octanol–water partition coefficient (Wildman–Crippen LogP) is 5.89. The van der Waals surface area contributed by atoms with Crippen molar-refractivity contribution in [1.82, 2.24) is 28.8 Å². The number of carbonyl (C=O) groups excluding carboxylic acids is 2. The Balaban J connectivity index is 1.07. The summed E-state index contributed by atoms with van der Waals surface area (Å²) in [5, 5.41) is 2.30. The van der Waals surface area contributed by atoms with Gasteiger partial charge in [0.2, 0.25) is 5.91 Å². The molecule has 0 unspecified atom stereocenters. The molecule has 8 nitrogen and oxygen atoms in total. The molecule has 2 amide bonds. The highest BCUT2D eigenvalue weighted by Crippen LogP contribution is 2.33. The molecule has 0 radical (unpaired) electrons. The number of piperidine rings is 1. The summed E-state index contributed by atoms with van der Waals surface area (Å²) in [6.45, 7) is 6.23. The number of nitrogens with zero attached hydrogens (tertiary/aromatic N) is 6. The summed E-state index contributed by atoms with van der Waals surface area (Å²) in [6.07, 6.45) is 13.5. The molecule has 2 aliphatic heterocycles. The number of aromatic nitrogens is 3. The fourth-order valence-electron chi connectivity index (χ4n) is 6.91. The van der Waals surface area contributed by atoms with Gasteiger partial charge in [-0.1, -0.05) is 72.8 Å². The van der Waals surface area contributed by atoms with E-state index >= 15 is 0 Å². The van der Waals surface area contributed by atoms with Gasteiger partial charge in [-0.3, -0.25) is 9.59 Å². The molecule has 47 heavy (non-hydrogen) atoms. The second kappa shape index (κ2) is 13.8. The molecule has 4 heterocycles. The van der Waals surface area contributed by atoms with Gasteiger partial charge >= 0.3 is 0 Å². The highest BCUT2D eigenvalue weighted by atomic mass is 16.2. The number of hydrogen-bond acceptors (Lipinski definition) is 4. The average molecular weight is 627 g/mol. The molecule has 2 aliphatic rings. The van der Waals surface area contributed by atoms with E-state index in [1.807, 2.05) is 64.9 Å². The topological polar surface area (TPSA) is 66.6 Å². The third kappa shape index (κ3) is 6.93. The van der Waals surface area contributed by atoms with Crippen LogP contribution in [0.2, 0.25) is 0 Å². The van der Waals surface area contributed by atoms with Crippen LogP contribution in [0.15, 0.2) is 104 Å². The highest BCUT2D eigenvalue weighted by Gasteiger charge is 2.26. The van der Waals surface area contributed by atoms with Gasteiger partial charge < -0.3 is 23.8 Å². The number of benzene rings is 3. The van der Waals surface area contributed by atoms with Crippen LogP contribution < -0.4 is 0 Å². The van der Waals surface area contributed by atoms with E-state index in [1.54, 1.807) is 6.08 Å². The lowest BCUT2D eigenvalue weighted by Crippen LogP contribution is -2.47. The van der Waals surface area contributed by atoms with Crippen molar-refractivity contribution in [2.45, 2.75) is 25.9 Å². The maximum absolute atomic E-state index is 14.0. The zero-order chi connectivity index (χ0) is 32.2. The molecule has 2 saturated heterocycles. The van der Waals surface area contributed by atoms with Crippen molar-refractivity contribution in [3.05, 3.63) is 121 Å². The van der Waals surface area contributed by atoms with Crippen LogP contribution in [0.5, 0.6) is 0 Å². The SMILES string of the molecule is CN1CCN(C(=O)c2cn(Cc3cncn3CC3CCN(C(=O)C=Cc4ccccc4)CC3)cc2-c2cccc3ccccc23)CC1.